The second-order valence-electron chi connectivity index (χ2n) is 4.67. The maximum Gasteiger partial charge on any atom is 3.00 e. The zero-order chi connectivity index (χ0) is 11.4. The standard InChI is InChI=1S/C13H17.CH2O2.2CH3.Ti/c1-3-7-12-10(5-1)9-11-6-2-4-8-13(11)12;2-1-3;;;/h5H,1-4,6-9H2;1H,(H,2,3);2*1H3;/q-1;;2*-1;+3. The summed E-state index contributed by atoms with van der Waals surface area (Å²) in [6.45, 7) is -0.250. The number of carboxylic acid groups (broad SMARTS) is 1. The molecule has 0 unspecified atom stereocenters. The first-order valence-corrected chi connectivity index (χ1v) is 6.21. The van der Waals surface area contributed by atoms with Crippen LogP contribution in [0.2, 0.25) is 0 Å². The third-order valence-electron chi connectivity index (χ3n) is 3.76. The van der Waals surface area contributed by atoms with Gasteiger partial charge in [-0.25, -0.2) is 12.0 Å². The van der Waals surface area contributed by atoms with E-state index in [2.05, 4.69) is 6.42 Å². The fourth-order valence-corrected chi connectivity index (χ4v) is 3.12. The Morgan fingerprint density at radius 3 is 2.26 bits per heavy atom. The van der Waals surface area contributed by atoms with E-state index in [1.54, 1.807) is 22.3 Å². The quantitative estimate of drug-likeness (QED) is 0.405. The van der Waals surface area contributed by atoms with Crippen molar-refractivity contribution in [3.05, 3.63) is 43.6 Å². The van der Waals surface area contributed by atoms with E-state index >= 15 is 0 Å². The average Bonchev–Trinajstić information content (AvgIpc) is 2.68. The van der Waals surface area contributed by atoms with E-state index in [-0.39, 0.29) is 43.0 Å². The van der Waals surface area contributed by atoms with Gasteiger partial charge in [-0.1, -0.05) is 24.8 Å². The van der Waals surface area contributed by atoms with Crippen LogP contribution in [-0.4, -0.2) is 11.6 Å². The van der Waals surface area contributed by atoms with Gasteiger partial charge in [-0.15, -0.1) is 12.0 Å². The van der Waals surface area contributed by atoms with Crippen molar-refractivity contribution in [2.24, 2.45) is 0 Å². The summed E-state index contributed by atoms with van der Waals surface area (Å²) in [4.78, 5) is 8.36. The van der Waals surface area contributed by atoms with E-state index in [1.807, 2.05) is 0 Å². The largest absolute Gasteiger partial charge is 3.00 e. The first-order valence-electron chi connectivity index (χ1n) is 6.21. The molecular formula is C16H25O2Ti. The average molecular weight is 297 g/mol. The Balaban J connectivity index is 0. The van der Waals surface area contributed by atoms with E-state index in [4.69, 9.17) is 9.90 Å². The number of hydrogen-bond donors (Lipinski definition) is 1. The van der Waals surface area contributed by atoms with Gasteiger partial charge in [0.1, 0.15) is 0 Å². The Bertz CT molecular complexity index is 313. The van der Waals surface area contributed by atoms with Gasteiger partial charge in [-0.05, 0) is 25.7 Å². The van der Waals surface area contributed by atoms with Crippen molar-refractivity contribution in [2.45, 2.75) is 51.4 Å². The maximum absolute atomic E-state index is 8.36. The molecule has 0 saturated heterocycles. The minimum absolute atomic E-state index is 0. The monoisotopic (exact) mass is 297 g/mol. The Labute approximate surface area is 133 Å². The zero-order valence-corrected chi connectivity index (χ0v) is 13.7. The van der Waals surface area contributed by atoms with E-state index in [1.165, 1.54) is 51.4 Å². The molecule has 0 atom stereocenters. The summed E-state index contributed by atoms with van der Waals surface area (Å²) in [6, 6.07) is 0. The van der Waals surface area contributed by atoms with Gasteiger partial charge in [0.05, 0.1) is 0 Å². The van der Waals surface area contributed by atoms with E-state index in [9.17, 15) is 0 Å². The van der Waals surface area contributed by atoms with Crippen LogP contribution in [0.4, 0.5) is 0 Å². The Morgan fingerprint density at radius 2 is 1.58 bits per heavy atom. The van der Waals surface area contributed by atoms with Gasteiger partial charge < -0.3 is 20.0 Å². The second-order valence-corrected chi connectivity index (χ2v) is 4.67. The normalized spacial score (nSPS) is 19.2. The van der Waals surface area contributed by atoms with Gasteiger partial charge in [0, 0.05) is 0 Å². The van der Waals surface area contributed by atoms with E-state index < -0.39 is 0 Å². The second kappa shape index (κ2) is 10.3. The van der Waals surface area contributed by atoms with Gasteiger partial charge in [0.2, 0.25) is 0 Å². The van der Waals surface area contributed by atoms with Crippen LogP contribution < -0.4 is 0 Å². The number of hydrogen-bond acceptors (Lipinski definition) is 1. The minimum Gasteiger partial charge on any atom is -0.483 e. The molecule has 3 rings (SSSR count). The minimum atomic E-state index is -0.250. The van der Waals surface area contributed by atoms with Crippen molar-refractivity contribution < 1.29 is 31.6 Å². The van der Waals surface area contributed by atoms with Crippen LogP contribution >= 0.6 is 0 Å². The molecule has 0 bridgehead atoms. The fraction of sp³-hybridized carbons (Fsp3) is 0.500. The summed E-state index contributed by atoms with van der Waals surface area (Å²) in [7, 11) is 0. The molecule has 2 nitrogen and oxygen atoms in total. The first-order chi connectivity index (χ1) is 7.86. The molecule has 0 saturated carbocycles. The Hall–Kier alpha value is -0.466. The predicted octanol–water partition coefficient (Wildman–Crippen LogP) is 4.54. The van der Waals surface area contributed by atoms with Gasteiger partial charge in [0.15, 0.2) is 0 Å². The maximum atomic E-state index is 8.36. The molecule has 0 aromatic heterocycles. The number of carbonyl (C=O) groups is 1. The molecule has 3 aliphatic rings. The zero-order valence-electron chi connectivity index (χ0n) is 12.2. The summed E-state index contributed by atoms with van der Waals surface area (Å²) in [5.41, 5.74) is 7.06. The van der Waals surface area contributed by atoms with E-state index in [0.717, 1.165) is 0 Å². The van der Waals surface area contributed by atoms with E-state index in [0.29, 0.717) is 0 Å². The van der Waals surface area contributed by atoms with Gasteiger partial charge in [0.25, 0.3) is 6.47 Å². The van der Waals surface area contributed by atoms with Crippen molar-refractivity contribution in [3.63, 3.8) is 0 Å². The molecule has 0 aliphatic heterocycles. The van der Waals surface area contributed by atoms with Crippen molar-refractivity contribution >= 4 is 6.47 Å². The smallest absolute Gasteiger partial charge is 0.483 e. The van der Waals surface area contributed by atoms with Crippen LogP contribution in [0, 0.1) is 21.3 Å². The van der Waals surface area contributed by atoms with Gasteiger partial charge in [-0.3, -0.25) is 4.79 Å². The van der Waals surface area contributed by atoms with Crippen LogP contribution in [0.3, 0.4) is 0 Å². The molecule has 0 amide bonds. The van der Waals surface area contributed by atoms with Crippen molar-refractivity contribution in [1.29, 1.82) is 0 Å². The third-order valence-corrected chi connectivity index (χ3v) is 3.76. The number of allylic oxidation sites excluding steroid dienone is 4. The first kappa shape index (κ1) is 20.8. The molecule has 1 N–H and O–H groups in total. The molecule has 0 aromatic carbocycles. The molecule has 105 valence electrons. The van der Waals surface area contributed by atoms with Crippen LogP contribution in [0.1, 0.15) is 51.4 Å². The molecular weight excluding hydrogens is 272 g/mol. The van der Waals surface area contributed by atoms with Crippen molar-refractivity contribution in [2.75, 3.05) is 0 Å². The number of rotatable bonds is 0. The van der Waals surface area contributed by atoms with Crippen LogP contribution in [0.5, 0.6) is 0 Å². The summed E-state index contributed by atoms with van der Waals surface area (Å²) >= 11 is 0. The molecule has 0 aromatic rings. The molecule has 0 fully saturated rings. The van der Waals surface area contributed by atoms with Crippen molar-refractivity contribution in [1.82, 2.24) is 0 Å². The molecule has 3 aliphatic carbocycles. The van der Waals surface area contributed by atoms with Crippen LogP contribution in [0.15, 0.2) is 22.3 Å². The summed E-state index contributed by atoms with van der Waals surface area (Å²) in [6.07, 6.45) is 13.6. The van der Waals surface area contributed by atoms with Crippen molar-refractivity contribution in [3.8, 4) is 0 Å². The topological polar surface area (TPSA) is 37.3 Å². The summed E-state index contributed by atoms with van der Waals surface area (Å²) in [5.74, 6) is 0. The SMILES string of the molecule is O=CO.[CH-]1CCCC2=C1CC1=C2CCCC1.[CH3-].[CH3-].[Ti+3]. The molecule has 0 spiro atoms. The Morgan fingerprint density at radius 1 is 1.00 bits per heavy atom. The summed E-state index contributed by atoms with van der Waals surface area (Å²) in [5, 5.41) is 6.89. The number of fused-ring (bicyclic) bond motifs is 1. The van der Waals surface area contributed by atoms with Gasteiger partial charge in [-0.2, -0.15) is 5.57 Å². The molecule has 1 radical (unpaired) electrons. The summed E-state index contributed by atoms with van der Waals surface area (Å²) < 4.78 is 0. The van der Waals surface area contributed by atoms with Crippen LogP contribution in [-0.2, 0) is 26.5 Å². The molecule has 0 heterocycles. The predicted molar refractivity (Wildman–Crippen MR) is 76.8 cm³/mol. The fourth-order valence-electron chi connectivity index (χ4n) is 3.12. The Kier molecular flexibility index (Phi) is 11.3. The molecule has 19 heavy (non-hydrogen) atoms. The van der Waals surface area contributed by atoms with Gasteiger partial charge >= 0.3 is 21.7 Å². The third kappa shape index (κ3) is 4.85. The molecule has 3 heteroatoms. The van der Waals surface area contributed by atoms with Crippen LogP contribution in [0.25, 0.3) is 0 Å².